The van der Waals surface area contributed by atoms with Crippen molar-refractivity contribution in [3.8, 4) is 17.2 Å². The number of aryl methyl sites for hydroxylation is 2. The van der Waals surface area contributed by atoms with E-state index in [0.29, 0.717) is 18.0 Å². The second-order valence-corrected chi connectivity index (χ2v) is 6.35. The molecule has 0 bridgehead atoms. The Labute approximate surface area is 148 Å². The van der Waals surface area contributed by atoms with Crippen molar-refractivity contribution in [3.63, 3.8) is 0 Å². The third kappa shape index (κ3) is 3.71. The lowest BCUT2D eigenvalue weighted by molar-refractivity contribution is -0.121. The van der Waals surface area contributed by atoms with Crippen molar-refractivity contribution in [1.82, 2.24) is 0 Å². The minimum Gasteiger partial charge on any atom is -0.493 e. The van der Waals surface area contributed by atoms with Gasteiger partial charge in [-0.15, -0.1) is 0 Å². The average Bonchev–Trinajstić information content (AvgIpc) is 2.59. The Morgan fingerprint density at radius 2 is 1.88 bits per heavy atom. The highest BCUT2D eigenvalue weighted by Gasteiger charge is 2.28. The van der Waals surface area contributed by atoms with Gasteiger partial charge in [0.1, 0.15) is 11.9 Å². The standard InChI is InChI=1S/C20H23NO4/c1-13-5-7-16-18(9-13)25-15(3)11-21(16)20(22)12-24-17-8-6-14(2)10-19(17)23-4/h5-10,15H,11-12H2,1-4H3/t15-/m0/s1. The number of methoxy groups -OCH3 is 1. The van der Waals surface area contributed by atoms with Crippen LogP contribution in [0.4, 0.5) is 5.69 Å². The molecule has 1 amide bonds. The normalized spacial score (nSPS) is 16.0. The summed E-state index contributed by atoms with van der Waals surface area (Å²) in [4.78, 5) is 14.5. The first-order chi connectivity index (χ1) is 12.0. The summed E-state index contributed by atoms with van der Waals surface area (Å²) in [5.74, 6) is 1.81. The van der Waals surface area contributed by atoms with Crippen LogP contribution in [0.15, 0.2) is 36.4 Å². The zero-order valence-electron chi connectivity index (χ0n) is 15.0. The van der Waals surface area contributed by atoms with Crippen LogP contribution in [0.5, 0.6) is 17.2 Å². The number of rotatable bonds is 4. The fourth-order valence-electron chi connectivity index (χ4n) is 2.90. The van der Waals surface area contributed by atoms with E-state index in [9.17, 15) is 4.79 Å². The Kier molecular flexibility index (Phi) is 4.83. The minimum absolute atomic E-state index is 0.0561. The number of nitrogens with zero attached hydrogens (tertiary/aromatic N) is 1. The zero-order valence-corrected chi connectivity index (χ0v) is 15.0. The molecule has 1 atom stereocenters. The number of anilines is 1. The van der Waals surface area contributed by atoms with Crippen molar-refractivity contribution >= 4 is 11.6 Å². The summed E-state index contributed by atoms with van der Waals surface area (Å²) in [6.45, 7) is 6.38. The first-order valence-corrected chi connectivity index (χ1v) is 8.33. The highest BCUT2D eigenvalue weighted by atomic mass is 16.5. The third-order valence-electron chi connectivity index (χ3n) is 4.15. The van der Waals surface area contributed by atoms with E-state index in [0.717, 1.165) is 22.6 Å². The van der Waals surface area contributed by atoms with Crippen molar-refractivity contribution in [2.24, 2.45) is 0 Å². The van der Waals surface area contributed by atoms with E-state index in [1.165, 1.54) is 0 Å². The number of benzene rings is 2. The predicted octanol–water partition coefficient (Wildman–Crippen LogP) is 3.50. The number of fused-ring (bicyclic) bond motifs is 1. The van der Waals surface area contributed by atoms with E-state index in [-0.39, 0.29) is 18.6 Å². The highest BCUT2D eigenvalue weighted by Crippen LogP contribution is 2.34. The Morgan fingerprint density at radius 1 is 1.16 bits per heavy atom. The molecular weight excluding hydrogens is 318 g/mol. The molecule has 132 valence electrons. The number of ether oxygens (including phenoxy) is 3. The van der Waals surface area contributed by atoms with Gasteiger partial charge >= 0.3 is 0 Å². The lowest BCUT2D eigenvalue weighted by Crippen LogP contribution is -2.44. The molecule has 3 rings (SSSR count). The van der Waals surface area contributed by atoms with Gasteiger partial charge in [0.05, 0.1) is 19.3 Å². The lowest BCUT2D eigenvalue weighted by Gasteiger charge is -2.33. The molecule has 0 aromatic heterocycles. The smallest absolute Gasteiger partial charge is 0.265 e. The summed E-state index contributed by atoms with van der Waals surface area (Å²) in [6, 6.07) is 11.5. The molecule has 1 aliphatic rings. The van der Waals surface area contributed by atoms with E-state index >= 15 is 0 Å². The van der Waals surface area contributed by atoms with Gasteiger partial charge in [0.15, 0.2) is 18.1 Å². The molecule has 0 radical (unpaired) electrons. The number of amides is 1. The molecule has 0 saturated carbocycles. The summed E-state index contributed by atoms with van der Waals surface area (Å²) in [6.07, 6.45) is -0.0628. The SMILES string of the molecule is COc1cc(C)ccc1OCC(=O)N1C[C@H](C)Oc2cc(C)ccc21. The fraction of sp³-hybridized carbons (Fsp3) is 0.350. The molecule has 0 saturated heterocycles. The van der Waals surface area contributed by atoms with Gasteiger partial charge in [0, 0.05) is 0 Å². The van der Waals surface area contributed by atoms with Crippen LogP contribution in [0, 0.1) is 13.8 Å². The third-order valence-corrected chi connectivity index (χ3v) is 4.15. The van der Waals surface area contributed by atoms with Gasteiger partial charge in [-0.1, -0.05) is 12.1 Å². The molecule has 0 spiro atoms. The van der Waals surface area contributed by atoms with Crippen LogP contribution < -0.4 is 19.1 Å². The summed E-state index contributed by atoms with van der Waals surface area (Å²) in [5.41, 5.74) is 2.95. The van der Waals surface area contributed by atoms with Crippen LogP contribution in [0.1, 0.15) is 18.1 Å². The molecule has 1 aliphatic heterocycles. The van der Waals surface area contributed by atoms with E-state index in [4.69, 9.17) is 14.2 Å². The molecule has 2 aromatic rings. The van der Waals surface area contributed by atoms with Crippen LogP contribution in [0.25, 0.3) is 0 Å². The van der Waals surface area contributed by atoms with Crippen LogP contribution in [-0.2, 0) is 4.79 Å². The van der Waals surface area contributed by atoms with Gasteiger partial charge in [-0.3, -0.25) is 4.79 Å². The maximum Gasteiger partial charge on any atom is 0.265 e. The number of hydrogen-bond donors (Lipinski definition) is 0. The molecule has 0 unspecified atom stereocenters. The minimum atomic E-state index is -0.108. The predicted molar refractivity (Wildman–Crippen MR) is 96.8 cm³/mol. The first-order valence-electron chi connectivity index (χ1n) is 8.33. The topological polar surface area (TPSA) is 48.0 Å². The molecule has 0 fully saturated rings. The second-order valence-electron chi connectivity index (χ2n) is 6.35. The molecule has 5 heteroatoms. The Bertz CT molecular complexity index is 787. The van der Waals surface area contributed by atoms with Crippen LogP contribution in [0.2, 0.25) is 0 Å². The fourth-order valence-corrected chi connectivity index (χ4v) is 2.90. The largest absolute Gasteiger partial charge is 0.493 e. The molecule has 5 nitrogen and oxygen atoms in total. The molecule has 1 heterocycles. The van der Waals surface area contributed by atoms with E-state index in [1.54, 1.807) is 12.0 Å². The van der Waals surface area contributed by atoms with E-state index in [1.807, 2.05) is 57.2 Å². The highest BCUT2D eigenvalue weighted by molar-refractivity contribution is 5.96. The molecule has 0 aliphatic carbocycles. The van der Waals surface area contributed by atoms with Crippen LogP contribution in [0.3, 0.4) is 0 Å². The van der Waals surface area contributed by atoms with Crippen molar-refractivity contribution in [1.29, 1.82) is 0 Å². The van der Waals surface area contributed by atoms with Gasteiger partial charge in [-0.05, 0) is 56.2 Å². The zero-order chi connectivity index (χ0) is 18.0. The van der Waals surface area contributed by atoms with Crippen LogP contribution in [-0.4, -0.2) is 32.3 Å². The molecule has 2 aromatic carbocycles. The summed E-state index contributed by atoms with van der Waals surface area (Å²) < 4.78 is 16.9. The van der Waals surface area contributed by atoms with Crippen molar-refractivity contribution in [3.05, 3.63) is 47.5 Å². The summed E-state index contributed by atoms with van der Waals surface area (Å²) >= 11 is 0. The molecule has 0 N–H and O–H groups in total. The van der Waals surface area contributed by atoms with Gasteiger partial charge in [0.25, 0.3) is 5.91 Å². The lowest BCUT2D eigenvalue weighted by atomic mass is 10.1. The van der Waals surface area contributed by atoms with Gasteiger partial charge in [-0.2, -0.15) is 0 Å². The van der Waals surface area contributed by atoms with Gasteiger partial charge in [-0.25, -0.2) is 0 Å². The molecular formula is C20H23NO4. The average molecular weight is 341 g/mol. The second kappa shape index (κ2) is 7.05. The quantitative estimate of drug-likeness (QED) is 0.854. The summed E-state index contributed by atoms with van der Waals surface area (Å²) in [7, 11) is 1.59. The maximum absolute atomic E-state index is 12.7. The van der Waals surface area contributed by atoms with E-state index in [2.05, 4.69) is 0 Å². The van der Waals surface area contributed by atoms with Crippen molar-refractivity contribution < 1.29 is 19.0 Å². The van der Waals surface area contributed by atoms with Gasteiger partial charge < -0.3 is 19.1 Å². The number of carbonyl (C=O) groups excluding carboxylic acids is 1. The van der Waals surface area contributed by atoms with Crippen molar-refractivity contribution in [2.75, 3.05) is 25.2 Å². The molecule has 25 heavy (non-hydrogen) atoms. The van der Waals surface area contributed by atoms with Gasteiger partial charge in [0.2, 0.25) is 0 Å². The number of carbonyl (C=O) groups is 1. The monoisotopic (exact) mass is 341 g/mol. The van der Waals surface area contributed by atoms with E-state index < -0.39 is 0 Å². The maximum atomic E-state index is 12.7. The Morgan fingerprint density at radius 3 is 2.64 bits per heavy atom. The van der Waals surface area contributed by atoms with Crippen molar-refractivity contribution in [2.45, 2.75) is 26.9 Å². The first kappa shape index (κ1) is 17.1. The summed E-state index contributed by atoms with van der Waals surface area (Å²) in [5, 5.41) is 0. The van der Waals surface area contributed by atoms with Crippen LogP contribution >= 0.6 is 0 Å². The number of hydrogen-bond acceptors (Lipinski definition) is 4. The Hall–Kier alpha value is -2.69. The Balaban J connectivity index is 1.76.